The summed E-state index contributed by atoms with van der Waals surface area (Å²) < 4.78 is 23.7. The van der Waals surface area contributed by atoms with Crippen LogP contribution in [0.25, 0.3) is 0 Å². The van der Waals surface area contributed by atoms with Crippen molar-refractivity contribution < 1.29 is 13.2 Å². The summed E-state index contributed by atoms with van der Waals surface area (Å²) >= 11 is 0. The van der Waals surface area contributed by atoms with Crippen LogP contribution in [0.15, 0.2) is 41.3 Å². The van der Waals surface area contributed by atoms with Gasteiger partial charge < -0.3 is 4.90 Å². The highest BCUT2D eigenvalue weighted by molar-refractivity contribution is 7.89. The van der Waals surface area contributed by atoms with E-state index in [1.807, 2.05) is 11.0 Å². The first kappa shape index (κ1) is 19.6. The van der Waals surface area contributed by atoms with Gasteiger partial charge in [0.05, 0.1) is 4.90 Å². The van der Waals surface area contributed by atoms with E-state index in [1.54, 1.807) is 19.9 Å². The van der Waals surface area contributed by atoms with E-state index in [4.69, 9.17) is 5.14 Å². The van der Waals surface area contributed by atoms with Crippen LogP contribution in [0.3, 0.4) is 0 Å². The topological polar surface area (TPSA) is 80.5 Å². The summed E-state index contributed by atoms with van der Waals surface area (Å²) in [7, 11) is -3.86. The van der Waals surface area contributed by atoms with Crippen molar-refractivity contribution in [2.45, 2.75) is 44.4 Å². The lowest BCUT2D eigenvalue weighted by atomic mass is 9.86. The fourth-order valence-corrected chi connectivity index (χ4v) is 4.75. The molecule has 1 aliphatic rings. The molecule has 1 aliphatic heterocycles. The molecule has 2 aromatic rings. The number of hydrogen-bond donors (Lipinski definition) is 1. The van der Waals surface area contributed by atoms with Gasteiger partial charge in [-0.1, -0.05) is 24.3 Å². The molecule has 27 heavy (non-hydrogen) atoms. The fourth-order valence-electron chi connectivity index (χ4n) is 3.87. The molecule has 0 aromatic heterocycles. The molecule has 0 bridgehead atoms. The Kier molecular flexibility index (Phi) is 5.40. The third-order valence-corrected chi connectivity index (χ3v) is 6.62. The van der Waals surface area contributed by atoms with E-state index in [1.165, 1.54) is 17.2 Å². The van der Waals surface area contributed by atoms with Crippen LogP contribution in [0, 0.1) is 20.8 Å². The number of nitrogens with zero attached hydrogens (tertiary/aromatic N) is 1. The number of hydrogen-bond acceptors (Lipinski definition) is 3. The average Bonchev–Trinajstić information content (AvgIpc) is 2.63. The van der Waals surface area contributed by atoms with E-state index in [0.29, 0.717) is 30.1 Å². The first-order valence-corrected chi connectivity index (χ1v) is 10.7. The van der Waals surface area contributed by atoms with Gasteiger partial charge in [0.15, 0.2) is 0 Å². The normalized spacial score (nSPS) is 15.8. The van der Waals surface area contributed by atoms with Crippen molar-refractivity contribution >= 4 is 15.9 Å². The molecule has 1 fully saturated rings. The zero-order valence-electron chi connectivity index (χ0n) is 16.0. The second-order valence-electron chi connectivity index (χ2n) is 7.38. The molecular formula is C21H26N2O3S. The molecule has 3 rings (SSSR count). The Bertz CT molecular complexity index is 975. The highest BCUT2D eigenvalue weighted by Crippen LogP contribution is 2.31. The number of carbonyl (C=O) groups is 1. The highest BCUT2D eigenvalue weighted by Gasteiger charge is 2.26. The Morgan fingerprint density at radius 2 is 1.67 bits per heavy atom. The molecular weight excluding hydrogens is 360 g/mol. The van der Waals surface area contributed by atoms with Crippen LogP contribution in [0.5, 0.6) is 0 Å². The predicted octanol–water partition coefficient (Wildman–Crippen LogP) is 3.28. The molecule has 0 spiro atoms. The molecule has 2 aromatic carbocycles. The van der Waals surface area contributed by atoms with E-state index in [-0.39, 0.29) is 10.8 Å². The van der Waals surface area contributed by atoms with E-state index >= 15 is 0 Å². The maximum Gasteiger partial charge on any atom is 0.253 e. The lowest BCUT2D eigenvalue weighted by Gasteiger charge is -2.33. The molecule has 1 saturated heterocycles. The smallest absolute Gasteiger partial charge is 0.253 e. The van der Waals surface area contributed by atoms with Gasteiger partial charge in [-0.25, -0.2) is 13.6 Å². The molecule has 1 amide bonds. The lowest BCUT2D eigenvalue weighted by molar-refractivity contribution is 0.0712. The van der Waals surface area contributed by atoms with E-state index < -0.39 is 10.0 Å². The Labute approximate surface area is 161 Å². The van der Waals surface area contributed by atoms with Crippen LogP contribution in [0.4, 0.5) is 0 Å². The Morgan fingerprint density at radius 3 is 2.26 bits per heavy atom. The van der Waals surface area contributed by atoms with Gasteiger partial charge in [-0.15, -0.1) is 0 Å². The number of benzene rings is 2. The minimum Gasteiger partial charge on any atom is -0.339 e. The number of primary sulfonamides is 1. The van der Waals surface area contributed by atoms with Crippen molar-refractivity contribution in [1.82, 2.24) is 4.90 Å². The number of amides is 1. The molecule has 2 N–H and O–H groups in total. The number of sulfonamides is 1. The summed E-state index contributed by atoms with van der Waals surface area (Å²) in [6.45, 7) is 6.95. The molecule has 144 valence electrons. The Balaban J connectivity index is 1.79. The summed E-state index contributed by atoms with van der Waals surface area (Å²) in [5.74, 6) is 0.321. The van der Waals surface area contributed by atoms with Crippen molar-refractivity contribution in [2.24, 2.45) is 5.14 Å². The first-order chi connectivity index (χ1) is 12.7. The first-order valence-electron chi connectivity index (χ1n) is 9.17. The van der Waals surface area contributed by atoms with Gasteiger partial charge in [-0.3, -0.25) is 4.79 Å². The molecule has 0 radical (unpaired) electrons. The maximum absolute atomic E-state index is 12.9. The van der Waals surface area contributed by atoms with Crippen molar-refractivity contribution in [3.63, 3.8) is 0 Å². The van der Waals surface area contributed by atoms with Crippen molar-refractivity contribution in [1.29, 1.82) is 0 Å². The summed E-state index contributed by atoms with van der Waals surface area (Å²) in [6.07, 6.45) is 1.81. The Morgan fingerprint density at radius 1 is 1.04 bits per heavy atom. The third kappa shape index (κ3) is 4.06. The van der Waals surface area contributed by atoms with Crippen LogP contribution in [-0.2, 0) is 10.0 Å². The molecule has 0 aliphatic carbocycles. The van der Waals surface area contributed by atoms with Crippen LogP contribution < -0.4 is 5.14 Å². The second-order valence-corrected chi connectivity index (χ2v) is 8.91. The van der Waals surface area contributed by atoms with Gasteiger partial charge in [0.25, 0.3) is 5.91 Å². The number of nitrogens with two attached hydrogens (primary N) is 1. The van der Waals surface area contributed by atoms with E-state index in [0.717, 1.165) is 18.4 Å². The number of carbonyl (C=O) groups excluding carboxylic acids is 1. The van der Waals surface area contributed by atoms with Crippen LogP contribution in [0.1, 0.15) is 51.4 Å². The predicted molar refractivity (Wildman–Crippen MR) is 106 cm³/mol. The van der Waals surface area contributed by atoms with Crippen LogP contribution in [0.2, 0.25) is 0 Å². The molecule has 1 heterocycles. The SMILES string of the molecule is Cc1ccccc1C1CCN(C(=O)c2cc(C)c(C)c(S(N)(=O)=O)c2)CC1. The van der Waals surface area contributed by atoms with Gasteiger partial charge in [0, 0.05) is 18.7 Å². The fraction of sp³-hybridized carbons (Fsp3) is 0.381. The zero-order chi connectivity index (χ0) is 19.8. The van der Waals surface area contributed by atoms with Crippen molar-refractivity contribution in [3.8, 4) is 0 Å². The molecule has 0 saturated carbocycles. The van der Waals surface area contributed by atoms with E-state index in [2.05, 4.69) is 25.1 Å². The number of likely N-dealkylation sites (tertiary alicyclic amines) is 1. The minimum atomic E-state index is -3.86. The van der Waals surface area contributed by atoms with Crippen LogP contribution >= 0.6 is 0 Å². The van der Waals surface area contributed by atoms with Crippen molar-refractivity contribution in [2.75, 3.05) is 13.1 Å². The summed E-state index contributed by atoms with van der Waals surface area (Å²) in [5, 5.41) is 5.32. The van der Waals surface area contributed by atoms with Gasteiger partial charge >= 0.3 is 0 Å². The minimum absolute atomic E-state index is 0.0284. The second kappa shape index (κ2) is 7.44. The average molecular weight is 387 g/mol. The van der Waals surface area contributed by atoms with Gasteiger partial charge in [-0.05, 0) is 73.9 Å². The lowest BCUT2D eigenvalue weighted by Crippen LogP contribution is -2.38. The summed E-state index contributed by atoms with van der Waals surface area (Å²) in [6, 6.07) is 11.5. The quantitative estimate of drug-likeness (QED) is 0.879. The molecule has 0 unspecified atom stereocenters. The molecule has 0 atom stereocenters. The number of aryl methyl sites for hydroxylation is 2. The monoisotopic (exact) mass is 386 g/mol. The summed E-state index contributed by atoms with van der Waals surface area (Å²) in [5.41, 5.74) is 4.37. The standard InChI is InChI=1S/C21H26N2O3S/c1-14-6-4-5-7-19(14)17-8-10-23(11-9-17)21(24)18-12-15(2)16(3)20(13-18)27(22,25)26/h4-7,12-13,17H,8-11H2,1-3H3,(H2,22,25,26). The number of rotatable bonds is 3. The zero-order valence-corrected chi connectivity index (χ0v) is 16.8. The van der Waals surface area contributed by atoms with Gasteiger partial charge in [-0.2, -0.15) is 0 Å². The maximum atomic E-state index is 12.9. The third-order valence-electron chi connectivity index (χ3n) is 5.58. The number of piperidine rings is 1. The van der Waals surface area contributed by atoms with E-state index in [9.17, 15) is 13.2 Å². The van der Waals surface area contributed by atoms with Crippen LogP contribution in [-0.4, -0.2) is 32.3 Å². The largest absolute Gasteiger partial charge is 0.339 e. The summed E-state index contributed by atoms with van der Waals surface area (Å²) in [4.78, 5) is 14.8. The van der Waals surface area contributed by atoms with Crippen molar-refractivity contribution in [3.05, 3.63) is 64.2 Å². The highest BCUT2D eigenvalue weighted by atomic mass is 32.2. The van der Waals surface area contributed by atoms with Gasteiger partial charge in [0.1, 0.15) is 0 Å². The van der Waals surface area contributed by atoms with Gasteiger partial charge in [0.2, 0.25) is 10.0 Å². The molecule has 5 nitrogen and oxygen atoms in total. The Hall–Kier alpha value is -2.18. The molecule has 6 heteroatoms.